The maximum Gasteiger partial charge on any atom is 0.508 e. The van der Waals surface area contributed by atoms with E-state index < -0.39 is 14.2 Å². The van der Waals surface area contributed by atoms with Gasteiger partial charge in [-0.3, -0.25) is 0 Å². The summed E-state index contributed by atoms with van der Waals surface area (Å²) >= 11 is 0. The van der Waals surface area contributed by atoms with Gasteiger partial charge in [0, 0.05) is 5.92 Å². The number of carbonyl (C=O) groups excluding carboxylic acids is 1. The third-order valence-corrected chi connectivity index (χ3v) is 4.46. The third kappa shape index (κ3) is 4.84. The van der Waals surface area contributed by atoms with Gasteiger partial charge in [-0.2, -0.15) is 0 Å². The fraction of sp³-hybridized carbons (Fsp3) is 0.786. The van der Waals surface area contributed by atoms with E-state index in [1.54, 1.807) is 6.92 Å². The standard InChI is InChI=1S/C14H26O3Si/c1-6-16-14(15)17-13-9-7-8-12(11(13)2)10-18(3,4)5/h10-11,13H,6-9H2,1-5H3/b12-10-. The number of ether oxygens (including phenoxy) is 2. The zero-order valence-corrected chi connectivity index (χ0v) is 13.3. The molecule has 0 aromatic rings. The van der Waals surface area contributed by atoms with Crippen molar-refractivity contribution in [2.24, 2.45) is 5.92 Å². The van der Waals surface area contributed by atoms with E-state index in [4.69, 9.17) is 9.47 Å². The zero-order valence-electron chi connectivity index (χ0n) is 12.3. The summed E-state index contributed by atoms with van der Waals surface area (Å²) in [5, 5.41) is 0. The van der Waals surface area contributed by atoms with Gasteiger partial charge < -0.3 is 9.47 Å². The maximum atomic E-state index is 11.4. The van der Waals surface area contributed by atoms with Crippen LogP contribution in [0.5, 0.6) is 0 Å². The highest BCUT2D eigenvalue weighted by Crippen LogP contribution is 2.32. The van der Waals surface area contributed by atoms with Gasteiger partial charge in [-0.25, -0.2) is 4.79 Å². The molecule has 4 heteroatoms. The van der Waals surface area contributed by atoms with E-state index in [0.29, 0.717) is 12.5 Å². The van der Waals surface area contributed by atoms with Crippen molar-refractivity contribution in [2.45, 2.75) is 58.9 Å². The second-order valence-electron chi connectivity index (χ2n) is 6.11. The highest BCUT2D eigenvalue weighted by atomic mass is 28.3. The van der Waals surface area contributed by atoms with Crippen LogP contribution in [0.25, 0.3) is 0 Å². The first kappa shape index (κ1) is 15.3. The zero-order chi connectivity index (χ0) is 13.8. The van der Waals surface area contributed by atoms with Crippen LogP contribution in [-0.4, -0.2) is 26.9 Å². The predicted molar refractivity (Wildman–Crippen MR) is 76.3 cm³/mol. The lowest BCUT2D eigenvalue weighted by atomic mass is 9.84. The summed E-state index contributed by atoms with van der Waals surface area (Å²) in [4.78, 5) is 11.4. The van der Waals surface area contributed by atoms with Crippen LogP contribution in [0.3, 0.4) is 0 Å². The molecule has 0 radical (unpaired) electrons. The average molecular weight is 270 g/mol. The van der Waals surface area contributed by atoms with Crippen molar-refractivity contribution in [1.82, 2.24) is 0 Å². The molecule has 0 aromatic carbocycles. The van der Waals surface area contributed by atoms with Crippen LogP contribution in [0, 0.1) is 5.92 Å². The summed E-state index contributed by atoms with van der Waals surface area (Å²) in [5.74, 6) is 0.329. The Balaban J connectivity index is 2.67. The number of hydrogen-bond acceptors (Lipinski definition) is 3. The molecule has 1 aliphatic rings. The normalized spacial score (nSPS) is 27.1. The lowest BCUT2D eigenvalue weighted by Crippen LogP contribution is -2.31. The molecule has 0 aliphatic heterocycles. The molecule has 1 aliphatic carbocycles. The van der Waals surface area contributed by atoms with Crippen molar-refractivity contribution >= 4 is 14.2 Å². The summed E-state index contributed by atoms with van der Waals surface area (Å²) < 4.78 is 10.3. The van der Waals surface area contributed by atoms with Crippen LogP contribution >= 0.6 is 0 Å². The van der Waals surface area contributed by atoms with Crippen molar-refractivity contribution in [1.29, 1.82) is 0 Å². The fourth-order valence-corrected chi connectivity index (χ4v) is 3.94. The second kappa shape index (κ2) is 6.41. The van der Waals surface area contributed by atoms with Crippen LogP contribution in [-0.2, 0) is 9.47 Å². The molecule has 0 amide bonds. The molecule has 0 N–H and O–H groups in total. The van der Waals surface area contributed by atoms with Gasteiger partial charge in [0.05, 0.1) is 14.7 Å². The van der Waals surface area contributed by atoms with Gasteiger partial charge >= 0.3 is 6.16 Å². The van der Waals surface area contributed by atoms with Gasteiger partial charge in [-0.1, -0.05) is 37.8 Å². The summed E-state index contributed by atoms with van der Waals surface area (Å²) in [6, 6.07) is 0. The highest BCUT2D eigenvalue weighted by Gasteiger charge is 2.29. The Bertz CT molecular complexity index is 317. The van der Waals surface area contributed by atoms with Crippen molar-refractivity contribution in [3.63, 3.8) is 0 Å². The van der Waals surface area contributed by atoms with Crippen molar-refractivity contribution in [3.8, 4) is 0 Å². The highest BCUT2D eigenvalue weighted by molar-refractivity contribution is 6.81. The smallest absolute Gasteiger partial charge is 0.435 e. The van der Waals surface area contributed by atoms with Gasteiger partial charge in [0.2, 0.25) is 0 Å². The van der Waals surface area contributed by atoms with Gasteiger partial charge in [-0.15, -0.1) is 0 Å². The predicted octanol–water partition coefficient (Wildman–Crippen LogP) is 4.15. The average Bonchev–Trinajstić information content (AvgIpc) is 2.22. The fourth-order valence-electron chi connectivity index (χ4n) is 2.42. The molecular weight excluding hydrogens is 244 g/mol. The van der Waals surface area contributed by atoms with E-state index >= 15 is 0 Å². The Labute approximate surface area is 112 Å². The molecule has 1 saturated carbocycles. The lowest BCUT2D eigenvalue weighted by molar-refractivity contribution is 0.00386. The first-order valence-electron chi connectivity index (χ1n) is 6.88. The molecule has 2 atom stereocenters. The largest absolute Gasteiger partial charge is 0.508 e. The Kier molecular flexibility index (Phi) is 5.44. The van der Waals surface area contributed by atoms with Gasteiger partial charge in [0.25, 0.3) is 0 Å². The molecule has 0 heterocycles. The number of rotatable bonds is 3. The van der Waals surface area contributed by atoms with Crippen LogP contribution in [0.1, 0.15) is 33.1 Å². The molecule has 2 unspecified atom stereocenters. The van der Waals surface area contributed by atoms with Gasteiger partial charge in [-0.05, 0) is 26.2 Å². The van der Waals surface area contributed by atoms with Gasteiger partial charge in [0.15, 0.2) is 0 Å². The molecular formula is C14H26O3Si. The van der Waals surface area contributed by atoms with E-state index in [2.05, 4.69) is 32.3 Å². The molecule has 1 fully saturated rings. The Morgan fingerprint density at radius 2 is 2.11 bits per heavy atom. The van der Waals surface area contributed by atoms with Crippen LogP contribution in [0.4, 0.5) is 4.79 Å². The third-order valence-electron chi connectivity index (χ3n) is 3.22. The van der Waals surface area contributed by atoms with E-state index in [0.717, 1.165) is 19.3 Å². The molecule has 18 heavy (non-hydrogen) atoms. The van der Waals surface area contributed by atoms with E-state index in [1.807, 2.05) is 0 Å². The summed E-state index contributed by atoms with van der Waals surface area (Å²) in [6.07, 6.45) is 2.66. The minimum atomic E-state index is -1.20. The Hall–Kier alpha value is -0.773. The molecule has 0 spiro atoms. The molecule has 3 nitrogen and oxygen atoms in total. The van der Waals surface area contributed by atoms with Crippen LogP contribution in [0.15, 0.2) is 11.3 Å². The van der Waals surface area contributed by atoms with Crippen molar-refractivity contribution < 1.29 is 14.3 Å². The minimum Gasteiger partial charge on any atom is -0.435 e. The maximum absolute atomic E-state index is 11.4. The lowest BCUT2D eigenvalue weighted by Gasteiger charge is -2.32. The topological polar surface area (TPSA) is 35.5 Å². The van der Waals surface area contributed by atoms with Crippen molar-refractivity contribution in [2.75, 3.05) is 6.61 Å². The molecule has 0 bridgehead atoms. The molecule has 0 saturated heterocycles. The summed E-state index contributed by atoms with van der Waals surface area (Å²) in [5.41, 5.74) is 3.92. The summed E-state index contributed by atoms with van der Waals surface area (Å²) in [6.45, 7) is 11.3. The number of hydrogen-bond donors (Lipinski definition) is 0. The van der Waals surface area contributed by atoms with Crippen LogP contribution in [0.2, 0.25) is 19.6 Å². The summed E-state index contributed by atoms with van der Waals surface area (Å²) in [7, 11) is -1.20. The van der Waals surface area contributed by atoms with E-state index in [1.165, 1.54) is 5.57 Å². The Morgan fingerprint density at radius 1 is 1.44 bits per heavy atom. The first-order valence-corrected chi connectivity index (χ1v) is 10.5. The SMILES string of the molecule is CCOC(=O)OC1CCC/C(=C/[Si](C)(C)C)C1C. The molecule has 104 valence electrons. The Morgan fingerprint density at radius 3 is 2.67 bits per heavy atom. The molecule has 1 rings (SSSR count). The van der Waals surface area contributed by atoms with E-state index in [-0.39, 0.29) is 6.10 Å². The monoisotopic (exact) mass is 270 g/mol. The van der Waals surface area contributed by atoms with Gasteiger partial charge in [0.1, 0.15) is 6.10 Å². The second-order valence-corrected chi connectivity index (χ2v) is 11.1. The number of carbonyl (C=O) groups is 1. The minimum absolute atomic E-state index is 0.0135. The first-order chi connectivity index (χ1) is 8.33. The van der Waals surface area contributed by atoms with Crippen molar-refractivity contribution in [3.05, 3.63) is 11.3 Å². The van der Waals surface area contributed by atoms with E-state index in [9.17, 15) is 4.79 Å². The quantitative estimate of drug-likeness (QED) is 0.571. The van der Waals surface area contributed by atoms with Crippen LogP contribution < -0.4 is 0 Å². The molecule has 0 aromatic heterocycles.